The lowest BCUT2D eigenvalue weighted by Crippen LogP contribution is -2.34. The molecule has 100 valence electrons. The highest BCUT2D eigenvalue weighted by atomic mass is 16.2. The van der Waals surface area contributed by atoms with E-state index in [0.29, 0.717) is 0 Å². The van der Waals surface area contributed by atoms with Gasteiger partial charge in [0.1, 0.15) is 0 Å². The van der Waals surface area contributed by atoms with E-state index in [1.165, 1.54) is 5.56 Å². The van der Waals surface area contributed by atoms with Gasteiger partial charge in [0.15, 0.2) is 0 Å². The van der Waals surface area contributed by atoms with Crippen molar-refractivity contribution in [1.82, 2.24) is 10.6 Å². The van der Waals surface area contributed by atoms with Gasteiger partial charge in [-0.2, -0.15) is 0 Å². The largest absolute Gasteiger partial charge is 0.336 e. The molecule has 2 amide bonds. The number of urea groups is 1. The van der Waals surface area contributed by atoms with Crippen molar-refractivity contribution in [3.8, 4) is 0 Å². The maximum atomic E-state index is 11.5. The Morgan fingerprint density at radius 2 is 1.89 bits per heavy atom. The molecule has 4 heteroatoms. The Morgan fingerprint density at radius 1 is 1.22 bits per heavy atom. The number of carbonyl (C=O) groups excluding carboxylic acids is 1. The molecule has 0 radical (unpaired) electrons. The second-order valence-electron chi connectivity index (χ2n) is 4.63. The molecule has 3 N–H and O–H groups in total. The van der Waals surface area contributed by atoms with Gasteiger partial charge >= 0.3 is 6.03 Å². The molecular formula is C14H23N3O. The highest BCUT2D eigenvalue weighted by Crippen LogP contribution is 2.09. The predicted molar refractivity (Wildman–Crippen MR) is 75.7 cm³/mol. The van der Waals surface area contributed by atoms with E-state index in [1.807, 2.05) is 38.1 Å². The molecule has 0 saturated heterocycles. The van der Waals surface area contributed by atoms with Crippen LogP contribution in [0.25, 0.3) is 0 Å². The van der Waals surface area contributed by atoms with Gasteiger partial charge in [-0.15, -0.1) is 0 Å². The minimum atomic E-state index is -0.165. The highest BCUT2D eigenvalue weighted by molar-refractivity contribution is 5.89. The summed E-state index contributed by atoms with van der Waals surface area (Å²) in [6, 6.07) is 7.86. The molecule has 1 aromatic rings. The highest BCUT2D eigenvalue weighted by Gasteiger charge is 2.02. The molecular weight excluding hydrogens is 226 g/mol. The molecule has 0 saturated carbocycles. The minimum absolute atomic E-state index is 0.141. The SMILES string of the molecule is CCCNCc1ccc(NC(=O)NC(C)C)cc1. The topological polar surface area (TPSA) is 53.2 Å². The number of rotatable bonds is 6. The maximum Gasteiger partial charge on any atom is 0.319 e. The first-order valence-electron chi connectivity index (χ1n) is 6.49. The number of carbonyl (C=O) groups is 1. The third-order valence-corrected chi connectivity index (χ3v) is 2.39. The average molecular weight is 249 g/mol. The lowest BCUT2D eigenvalue weighted by molar-refractivity contribution is 0.250. The summed E-state index contributed by atoms with van der Waals surface area (Å²) in [6.45, 7) is 7.90. The van der Waals surface area contributed by atoms with Crippen molar-refractivity contribution in [2.24, 2.45) is 0 Å². The summed E-state index contributed by atoms with van der Waals surface area (Å²) in [5.74, 6) is 0. The Balaban J connectivity index is 2.42. The van der Waals surface area contributed by atoms with Crippen molar-refractivity contribution in [3.05, 3.63) is 29.8 Å². The summed E-state index contributed by atoms with van der Waals surface area (Å²) >= 11 is 0. The van der Waals surface area contributed by atoms with E-state index in [4.69, 9.17) is 0 Å². The maximum absolute atomic E-state index is 11.5. The second kappa shape index (κ2) is 7.71. The molecule has 18 heavy (non-hydrogen) atoms. The lowest BCUT2D eigenvalue weighted by Gasteiger charge is -2.10. The molecule has 0 aliphatic heterocycles. The summed E-state index contributed by atoms with van der Waals surface area (Å²) in [5.41, 5.74) is 2.03. The van der Waals surface area contributed by atoms with Gasteiger partial charge in [-0.1, -0.05) is 19.1 Å². The third kappa shape index (κ3) is 5.68. The zero-order valence-electron chi connectivity index (χ0n) is 11.4. The predicted octanol–water partition coefficient (Wildman–Crippen LogP) is 2.72. The van der Waals surface area contributed by atoms with E-state index in [2.05, 4.69) is 22.9 Å². The van der Waals surface area contributed by atoms with Gasteiger partial charge < -0.3 is 16.0 Å². The van der Waals surface area contributed by atoms with Crippen molar-refractivity contribution < 1.29 is 4.79 Å². The molecule has 0 aliphatic carbocycles. The van der Waals surface area contributed by atoms with Crippen LogP contribution in [0.5, 0.6) is 0 Å². The number of hydrogen-bond donors (Lipinski definition) is 3. The van der Waals surface area contributed by atoms with Crippen LogP contribution in [0.3, 0.4) is 0 Å². The van der Waals surface area contributed by atoms with Crippen LogP contribution >= 0.6 is 0 Å². The molecule has 1 aromatic carbocycles. The van der Waals surface area contributed by atoms with E-state index >= 15 is 0 Å². The summed E-state index contributed by atoms with van der Waals surface area (Å²) in [4.78, 5) is 11.5. The quantitative estimate of drug-likeness (QED) is 0.679. The van der Waals surface area contributed by atoms with E-state index in [1.54, 1.807) is 0 Å². The van der Waals surface area contributed by atoms with Gasteiger partial charge in [0.05, 0.1) is 0 Å². The first kappa shape index (κ1) is 14.5. The summed E-state index contributed by atoms with van der Waals surface area (Å²) in [6.07, 6.45) is 1.13. The van der Waals surface area contributed by atoms with Crippen LogP contribution < -0.4 is 16.0 Å². The number of nitrogens with one attached hydrogen (secondary N) is 3. The first-order valence-corrected chi connectivity index (χ1v) is 6.49. The molecule has 0 heterocycles. The molecule has 1 rings (SSSR count). The van der Waals surface area contributed by atoms with E-state index in [0.717, 1.165) is 25.2 Å². The van der Waals surface area contributed by atoms with Crippen LogP contribution in [-0.4, -0.2) is 18.6 Å². The molecule has 0 bridgehead atoms. The molecule has 0 atom stereocenters. The molecule has 0 fully saturated rings. The van der Waals surface area contributed by atoms with E-state index < -0.39 is 0 Å². The fourth-order valence-electron chi connectivity index (χ4n) is 1.54. The normalized spacial score (nSPS) is 10.4. The van der Waals surface area contributed by atoms with E-state index in [9.17, 15) is 4.79 Å². The summed E-state index contributed by atoms with van der Waals surface area (Å²) in [5, 5.41) is 8.92. The molecule has 0 aliphatic rings. The average Bonchev–Trinajstić information content (AvgIpc) is 2.30. The van der Waals surface area contributed by atoms with Crippen LogP contribution in [0.2, 0.25) is 0 Å². The van der Waals surface area contributed by atoms with Crippen LogP contribution in [0.15, 0.2) is 24.3 Å². The Kier molecular flexibility index (Phi) is 6.22. The zero-order chi connectivity index (χ0) is 13.4. The van der Waals surface area contributed by atoms with Crippen LogP contribution in [0.1, 0.15) is 32.8 Å². The monoisotopic (exact) mass is 249 g/mol. The number of hydrogen-bond acceptors (Lipinski definition) is 2. The summed E-state index contributed by atoms with van der Waals surface area (Å²) < 4.78 is 0. The van der Waals surface area contributed by atoms with Gasteiger partial charge in [-0.25, -0.2) is 4.79 Å². The van der Waals surface area contributed by atoms with Crippen molar-refractivity contribution in [3.63, 3.8) is 0 Å². The zero-order valence-corrected chi connectivity index (χ0v) is 11.4. The standard InChI is InChI=1S/C14H23N3O/c1-4-9-15-10-12-5-7-13(8-6-12)17-14(18)16-11(2)3/h5-8,11,15H,4,9-10H2,1-3H3,(H2,16,17,18). The van der Waals surface area contributed by atoms with Gasteiger partial charge in [-0.3, -0.25) is 0 Å². The molecule has 0 spiro atoms. The Bertz CT molecular complexity index is 360. The minimum Gasteiger partial charge on any atom is -0.336 e. The number of anilines is 1. The lowest BCUT2D eigenvalue weighted by atomic mass is 10.2. The fraction of sp³-hybridized carbons (Fsp3) is 0.500. The molecule has 0 aromatic heterocycles. The Hall–Kier alpha value is -1.55. The van der Waals surface area contributed by atoms with Crippen molar-refractivity contribution in [2.75, 3.05) is 11.9 Å². The van der Waals surface area contributed by atoms with Crippen LogP contribution in [-0.2, 0) is 6.54 Å². The second-order valence-corrected chi connectivity index (χ2v) is 4.63. The molecule has 4 nitrogen and oxygen atoms in total. The smallest absolute Gasteiger partial charge is 0.319 e. The van der Waals surface area contributed by atoms with Crippen molar-refractivity contribution in [2.45, 2.75) is 39.8 Å². The summed E-state index contributed by atoms with van der Waals surface area (Å²) in [7, 11) is 0. The number of benzene rings is 1. The Labute approximate surface area is 109 Å². The first-order chi connectivity index (χ1) is 8.61. The van der Waals surface area contributed by atoms with Gasteiger partial charge in [0.2, 0.25) is 0 Å². The third-order valence-electron chi connectivity index (χ3n) is 2.39. The van der Waals surface area contributed by atoms with Crippen molar-refractivity contribution in [1.29, 1.82) is 0 Å². The van der Waals surface area contributed by atoms with Gasteiger partial charge in [0, 0.05) is 18.3 Å². The van der Waals surface area contributed by atoms with Gasteiger partial charge in [0.25, 0.3) is 0 Å². The fourth-order valence-corrected chi connectivity index (χ4v) is 1.54. The van der Waals surface area contributed by atoms with Crippen molar-refractivity contribution >= 4 is 11.7 Å². The number of amides is 2. The molecule has 0 unspecified atom stereocenters. The van der Waals surface area contributed by atoms with Crippen LogP contribution in [0, 0.1) is 0 Å². The van der Waals surface area contributed by atoms with Gasteiger partial charge in [-0.05, 0) is 44.5 Å². The van der Waals surface area contributed by atoms with E-state index in [-0.39, 0.29) is 12.1 Å². The Morgan fingerprint density at radius 3 is 2.44 bits per heavy atom. The van der Waals surface area contributed by atoms with Crippen LogP contribution in [0.4, 0.5) is 10.5 Å².